The molecular formula is C25H27BO3. The third-order valence-corrected chi connectivity index (χ3v) is 5.48. The van der Waals surface area contributed by atoms with Crippen LogP contribution < -0.4 is 10.2 Å². The van der Waals surface area contributed by atoms with Gasteiger partial charge in [-0.2, -0.15) is 0 Å². The molecule has 1 atom stereocenters. The number of carboxylic acids is 1. The Labute approximate surface area is 173 Å². The van der Waals surface area contributed by atoms with E-state index in [0.717, 1.165) is 51.2 Å². The molecule has 29 heavy (non-hydrogen) atoms. The number of hydrogen-bond acceptors (Lipinski definition) is 2. The maximum absolute atomic E-state index is 11.6. The Hall–Kier alpha value is -3.01. The molecule has 0 saturated carbocycles. The van der Waals surface area contributed by atoms with Gasteiger partial charge in [0, 0.05) is 5.56 Å². The summed E-state index contributed by atoms with van der Waals surface area (Å²) in [6, 6.07) is 11.5. The fourth-order valence-corrected chi connectivity index (χ4v) is 3.92. The highest BCUT2D eigenvalue weighted by molar-refractivity contribution is 6.56. The van der Waals surface area contributed by atoms with E-state index < -0.39 is 5.97 Å². The van der Waals surface area contributed by atoms with Gasteiger partial charge in [-0.05, 0) is 66.6 Å². The summed E-state index contributed by atoms with van der Waals surface area (Å²) >= 11 is 0. The first-order valence-corrected chi connectivity index (χ1v) is 10.1. The molecule has 1 N–H and O–H groups in total. The molecule has 2 aromatic carbocycles. The van der Waals surface area contributed by atoms with Crippen LogP contribution in [0.3, 0.4) is 0 Å². The van der Waals surface area contributed by atoms with Crippen LogP contribution in [0.15, 0.2) is 66.5 Å². The number of carbonyl (C=O) groups is 1. The predicted octanol–water partition coefficient (Wildman–Crippen LogP) is 5.16. The maximum atomic E-state index is 11.6. The lowest BCUT2D eigenvalue weighted by atomic mass is 9.56. The van der Waals surface area contributed by atoms with E-state index in [1.54, 1.807) is 12.1 Å². The molecule has 0 saturated heterocycles. The standard InChI is InChI=1S/C25H27BO3/c1-6-18(7-2)23-14-16(4)20-12-15(3)13-21(24(20)29-23)17(5)26-22-11-9-8-10-19(22)25(27)28/h6,8-14,17,26H,4,7H2,1-3,5H3,(H,27,28)/b18-6+. The molecule has 0 aliphatic carbocycles. The van der Waals surface area contributed by atoms with Crippen LogP contribution in [0.1, 0.15) is 60.1 Å². The molecule has 0 radical (unpaired) electrons. The number of hydrogen-bond donors (Lipinski definition) is 1. The van der Waals surface area contributed by atoms with E-state index >= 15 is 0 Å². The van der Waals surface area contributed by atoms with Gasteiger partial charge < -0.3 is 9.84 Å². The van der Waals surface area contributed by atoms with E-state index in [2.05, 4.69) is 45.6 Å². The average Bonchev–Trinajstić information content (AvgIpc) is 2.69. The minimum Gasteiger partial charge on any atom is -0.478 e. The molecular weight excluding hydrogens is 359 g/mol. The van der Waals surface area contributed by atoms with E-state index in [9.17, 15) is 9.90 Å². The van der Waals surface area contributed by atoms with Crippen molar-refractivity contribution in [2.24, 2.45) is 0 Å². The van der Waals surface area contributed by atoms with Crippen LogP contribution in [0.25, 0.3) is 5.57 Å². The predicted molar refractivity (Wildman–Crippen MR) is 122 cm³/mol. The fraction of sp³-hybridized carbons (Fsp3) is 0.240. The summed E-state index contributed by atoms with van der Waals surface area (Å²) in [4.78, 5) is 11.6. The van der Waals surface area contributed by atoms with Gasteiger partial charge in [-0.1, -0.05) is 56.2 Å². The first kappa shape index (κ1) is 20.7. The Morgan fingerprint density at radius 3 is 2.69 bits per heavy atom. The normalized spacial score (nSPS) is 14.6. The van der Waals surface area contributed by atoms with Crippen molar-refractivity contribution in [3.63, 3.8) is 0 Å². The van der Waals surface area contributed by atoms with Gasteiger partial charge in [0.25, 0.3) is 0 Å². The lowest BCUT2D eigenvalue weighted by molar-refractivity contribution is 0.0698. The number of aromatic carboxylic acids is 1. The molecule has 4 heteroatoms. The van der Waals surface area contributed by atoms with Crippen molar-refractivity contribution in [3.8, 4) is 5.75 Å². The van der Waals surface area contributed by atoms with Crippen molar-refractivity contribution >= 4 is 24.3 Å². The van der Waals surface area contributed by atoms with Crippen LogP contribution in [0.2, 0.25) is 0 Å². The minimum absolute atomic E-state index is 0.0898. The third kappa shape index (κ3) is 4.22. The molecule has 3 nitrogen and oxygen atoms in total. The molecule has 0 spiro atoms. The Morgan fingerprint density at radius 1 is 1.31 bits per heavy atom. The minimum atomic E-state index is -0.894. The van der Waals surface area contributed by atoms with Crippen molar-refractivity contribution in [2.75, 3.05) is 0 Å². The second-order valence-corrected chi connectivity index (χ2v) is 7.60. The number of fused-ring (bicyclic) bond motifs is 1. The quantitative estimate of drug-likeness (QED) is 0.698. The Balaban J connectivity index is 2.03. The molecule has 1 aliphatic rings. The second-order valence-electron chi connectivity index (χ2n) is 7.60. The summed E-state index contributed by atoms with van der Waals surface area (Å²) in [5.74, 6) is 0.878. The van der Waals surface area contributed by atoms with Gasteiger partial charge in [-0.25, -0.2) is 4.79 Å². The van der Waals surface area contributed by atoms with Crippen molar-refractivity contribution < 1.29 is 14.6 Å². The molecule has 0 amide bonds. The Bertz CT molecular complexity index is 1030. The molecule has 0 fully saturated rings. The highest BCUT2D eigenvalue weighted by Crippen LogP contribution is 2.41. The van der Waals surface area contributed by atoms with Crippen molar-refractivity contribution in [1.29, 1.82) is 0 Å². The van der Waals surface area contributed by atoms with Gasteiger partial charge in [-0.15, -0.1) is 0 Å². The summed E-state index contributed by atoms with van der Waals surface area (Å²) < 4.78 is 6.38. The summed E-state index contributed by atoms with van der Waals surface area (Å²) in [5, 5.41) is 9.52. The summed E-state index contributed by atoms with van der Waals surface area (Å²) in [6.45, 7) is 12.6. The second kappa shape index (κ2) is 8.56. The van der Waals surface area contributed by atoms with Gasteiger partial charge in [0.05, 0.1) is 5.56 Å². The van der Waals surface area contributed by atoms with Gasteiger partial charge in [0.2, 0.25) is 0 Å². The van der Waals surface area contributed by atoms with Gasteiger partial charge in [0.1, 0.15) is 11.5 Å². The van der Waals surface area contributed by atoms with Gasteiger partial charge in [-0.3, -0.25) is 0 Å². The molecule has 3 rings (SSSR count). The zero-order valence-corrected chi connectivity index (χ0v) is 17.6. The summed E-state index contributed by atoms with van der Waals surface area (Å²) in [5.41, 5.74) is 6.50. The zero-order chi connectivity index (χ0) is 21.1. The third-order valence-electron chi connectivity index (χ3n) is 5.48. The Kier molecular flexibility index (Phi) is 6.12. The molecule has 1 unspecified atom stereocenters. The highest BCUT2D eigenvalue weighted by Gasteiger charge is 2.25. The average molecular weight is 386 g/mol. The summed E-state index contributed by atoms with van der Waals surface area (Å²) in [6.07, 6.45) is 4.97. The molecule has 1 heterocycles. The number of rotatable bonds is 6. The number of ether oxygens (including phenoxy) is 1. The SMILES string of the molecule is C=C1C=C(/C(=C/C)CC)Oc2c1cc(C)cc2C(C)Bc1ccccc1C(=O)O. The lowest BCUT2D eigenvalue weighted by Gasteiger charge is -2.26. The number of aryl methyl sites for hydroxylation is 1. The first-order chi connectivity index (χ1) is 13.8. The Morgan fingerprint density at radius 2 is 2.03 bits per heavy atom. The maximum Gasteiger partial charge on any atom is 0.335 e. The van der Waals surface area contributed by atoms with E-state index in [-0.39, 0.29) is 5.82 Å². The molecule has 1 aliphatic heterocycles. The van der Waals surface area contributed by atoms with E-state index in [1.165, 1.54) is 0 Å². The number of benzene rings is 2. The zero-order valence-electron chi connectivity index (χ0n) is 17.6. The van der Waals surface area contributed by atoms with Crippen LogP contribution in [-0.2, 0) is 0 Å². The monoisotopic (exact) mass is 386 g/mol. The number of allylic oxidation sites excluding steroid dienone is 4. The van der Waals surface area contributed by atoms with E-state index in [1.807, 2.05) is 25.1 Å². The topological polar surface area (TPSA) is 46.5 Å². The molecule has 0 bridgehead atoms. The molecule has 148 valence electrons. The van der Waals surface area contributed by atoms with Crippen molar-refractivity contribution in [3.05, 3.63) is 88.7 Å². The van der Waals surface area contributed by atoms with Gasteiger partial charge >= 0.3 is 5.97 Å². The van der Waals surface area contributed by atoms with Gasteiger partial charge in [0.15, 0.2) is 7.28 Å². The molecule has 2 aromatic rings. The van der Waals surface area contributed by atoms with Crippen molar-refractivity contribution in [1.82, 2.24) is 0 Å². The highest BCUT2D eigenvalue weighted by atomic mass is 16.5. The smallest absolute Gasteiger partial charge is 0.335 e. The van der Waals surface area contributed by atoms with E-state index in [0.29, 0.717) is 12.8 Å². The van der Waals surface area contributed by atoms with Crippen LogP contribution >= 0.6 is 0 Å². The van der Waals surface area contributed by atoms with Crippen LogP contribution in [0.4, 0.5) is 0 Å². The fourth-order valence-electron chi connectivity index (χ4n) is 3.92. The largest absolute Gasteiger partial charge is 0.478 e. The summed E-state index contributed by atoms with van der Waals surface area (Å²) in [7, 11) is 0.623. The molecule has 0 aromatic heterocycles. The van der Waals surface area contributed by atoms with Crippen LogP contribution in [0.5, 0.6) is 5.75 Å². The first-order valence-electron chi connectivity index (χ1n) is 10.1. The van der Waals surface area contributed by atoms with E-state index in [4.69, 9.17) is 4.74 Å². The van der Waals surface area contributed by atoms with Crippen molar-refractivity contribution in [2.45, 2.75) is 39.9 Å². The lowest BCUT2D eigenvalue weighted by Crippen LogP contribution is -2.27. The number of carboxylic acid groups (broad SMARTS) is 1. The van der Waals surface area contributed by atoms with Crippen LogP contribution in [-0.4, -0.2) is 18.4 Å². The van der Waals surface area contributed by atoms with Crippen LogP contribution in [0, 0.1) is 6.92 Å².